The normalized spacial score (nSPS) is 11.0. The number of anilines is 1. The summed E-state index contributed by atoms with van der Waals surface area (Å²) in [6.45, 7) is 2.70. The molecule has 0 unspecified atom stereocenters. The van der Waals surface area contributed by atoms with Gasteiger partial charge in [0.1, 0.15) is 0 Å². The number of hydrogen-bond donors (Lipinski definition) is 0. The van der Waals surface area contributed by atoms with Gasteiger partial charge in [-0.25, -0.2) is 4.98 Å². The summed E-state index contributed by atoms with van der Waals surface area (Å²) >= 11 is 1.52. The Labute approximate surface area is 161 Å². The van der Waals surface area contributed by atoms with E-state index in [0.29, 0.717) is 17.2 Å². The number of hydrogen-bond acceptors (Lipinski definition) is 4. The Balaban J connectivity index is 1.63. The summed E-state index contributed by atoms with van der Waals surface area (Å²) in [6.07, 6.45) is 2.41. The lowest BCUT2D eigenvalue weighted by molar-refractivity contribution is 0.0992. The molecule has 0 radical (unpaired) electrons. The molecule has 0 saturated carbocycles. The molecule has 1 amide bonds. The molecule has 2 aromatic heterocycles. The summed E-state index contributed by atoms with van der Waals surface area (Å²) in [5.74, 6) is -0.0785. The molecule has 136 valence electrons. The summed E-state index contributed by atoms with van der Waals surface area (Å²) < 4.78 is 2.98. The number of rotatable bonds is 5. The monoisotopic (exact) mass is 376 g/mol. The molecule has 2 heterocycles. The quantitative estimate of drug-likeness (QED) is 0.519. The first-order valence-corrected chi connectivity index (χ1v) is 9.71. The van der Waals surface area contributed by atoms with E-state index in [1.54, 1.807) is 18.1 Å². The second-order valence-corrected chi connectivity index (χ2v) is 7.34. The number of thiazole rings is 1. The molecule has 2 aromatic carbocycles. The highest BCUT2D eigenvalue weighted by Gasteiger charge is 2.22. The largest absolute Gasteiger partial charge is 0.287 e. The maximum absolute atomic E-state index is 13.1. The number of nitrogens with zero attached hydrogens (tertiary/aromatic N) is 4. The minimum atomic E-state index is -0.0785. The molecule has 0 fully saturated rings. The van der Waals surface area contributed by atoms with Crippen molar-refractivity contribution in [2.45, 2.75) is 19.9 Å². The lowest BCUT2D eigenvalue weighted by Crippen LogP contribution is -2.27. The van der Waals surface area contributed by atoms with E-state index in [2.05, 4.69) is 22.2 Å². The molecule has 0 aliphatic rings. The molecule has 0 spiro atoms. The number of amides is 1. The zero-order chi connectivity index (χ0) is 18.8. The lowest BCUT2D eigenvalue weighted by Gasteiger charge is -2.14. The van der Waals surface area contributed by atoms with E-state index in [1.807, 2.05) is 54.1 Å². The zero-order valence-electron chi connectivity index (χ0n) is 15.3. The first kappa shape index (κ1) is 17.4. The van der Waals surface area contributed by atoms with Gasteiger partial charge in [-0.15, -0.1) is 0 Å². The number of carbonyl (C=O) groups excluding carboxylic acids is 1. The Hall–Kier alpha value is -2.99. The van der Waals surface area contributed by atoms with Crippen LogP contribution >= 0.6 is 11.3 Å². The standard InChI is InChI=1S/C21H20N4OS/c1-3-18-16(13-22-25(18)14-15-9-5-4-6-10-15)20(26)24(2)21-23-17-11-7-8-12-19(17)27-21/h4-13H,3,14H2,1-2H3. The van der Waals surface area contributed by atoms with Crippen LogP contribution in [0.1, 0.15) is 28.5 Å². The average molecular weight is 376 g/mol. The van der Waals surface area contributed by atoms with Crippen LogP contribution in [0.4, 0.5) is 5.13 Å². The Morgan fingerprint density at radius 2 is 1.85 bits per heavy atom. The van der Waals surface area contributed by atoms with E-state index >= 15 is 0 Å². The molecule has 0 bridgehead atoms. The van der Waals surface area contributed by atoms with Crippen molar-refractivity contribution < 1.29 is 4.79 Å². The van der Waals surface area contributed by atoms with Crippen molar-refractivity contribution in [2.24, 2.45) is 0 Å². The van der Waals surface area contributed by atoms with E-state index in [9.17, 15) is 4.79 Å². The number of aromatic nitrogens is 3. The molecular formula is C21H20N4OS. The van der Waals surface area contributed by atoms with Crippen LogP contribution in [-0.2, 0) is 13.0 Å². The molecule has 0 saturated heterocycles. The second-order valence-electron chi connectivity index (χ2n) is 6.33. The van der Waals surface area contributed by atoms with Gasteiger partial charge >= 0.3 is 0 Å². The molecule has 0 atom stereocenters. The molecule has 5 nitrogen and oxygen atoms in total. The first-order chi connectivity index (χ1) is 13.2. The summed E-state index contributed by atoms with van der Waals surface area (Å²) in [6, 6.07) is 18.1. The third-order valence-electron chi connectivity index (χ3n) is 4.56. The maximum atomic E-state index is 13.1. The molecule has 6 heteroatoms. The van der Waals surface area contributed by atoms with Gasteiger partial charge in [-0.05, 0) is 24.1 Å². The predicted molar refractivity (Wildman–Crippen MR) is 110 cm³/mol. The van der Waals surface area contributed by atoms with Crippen LogP contribution in [0, 0.1) is 0 Å². The van der Waals surface area contributed by atoms with Gasteiger partial charge in [-0.2, -0.15) is 5.10 Å². The average Bonchev–Trinajstić information content (AvgIpc) is 3.31. The molecule has 0 N–H and O–H groups in total. The maximum Gasteiger partial charge on any atom is 0.263 e. The third-order valence-corrected chi connectivity index (χ3v) is 5.68. The molecular weight excluding hydrogens is 356 g/mol. The fraction of sp³-hybridized carbons (Fsp3) is 0.190. The van der Waals surface area contributed by atoms with Crippen LogP contribution in [0.2, 0.25) is 0 Å². The van der Waals surface area contributed by atoms with Gasteiger partial charge in [-0.3, -0.25) is 14.4 Å². The van der Waals surface area contributed by atoms with Crippen molar-refractivity contribution in [1.82, 2.24) is 14.8 Å². The van der Waals surface area contributed by atoms with Crippen molar-refractivity contribution in [2.75, 3.05) is 11.9 Å². The van der Waals surface area contributed by atoms with Gasteiger partial charge in [0.25, 0.3) is 5.91 Å². The number of carbonyl (C=O) groups is 1. The first-order valence-electron chi connectivity index (χ1n) is 8.89. The Morgan fingerprint density at radius 1 is 1.11 bits per heavy atom. The summed E-state index contributed by atoms with van der Waals surface area (Å²) in [5, 5.41) is 5.17. The van der Waals surface area contributed by atoms with Gasteiger partial charge < -0.3 is 0 Å². The van der Waals surface area contributed by atoms with Crippen molar-refractivity contribution in [3.63, 3.8) is 0 Å². The highest BCUT2D eigenvalue weighted by molar-refractivity contribution is 7.22. The minimum Gasteiger partial charge on any atom is -0.287 e. The fourth-order valence-electron chi connectivity index (χ4n) is 3.13. The predicted octanol–water partition coefficient (Wildman–Crippen LogP) is 4.38. The molecule has 27 heavy (non-hydrogen) atoms. The summed E-state index contributed by atoms with van der Waals surface area (Å²) in [5.41, 5.74) is 3.65. The van der Waals surface area contributed by atoms with E-state index in [0.717, 1.165) is 27.9 Å². The van der Waals surface area contributed by atoms with Gasteiger partial charge in [0, 0.05) is 7.05 Å². The van der Waals surface area contributed by atoms with Crippen LogP contribution in [0.15, 0.2) is 60.8 Å². The highest BCUT2D eigenvalue weighted by atomic mass is 32.1. The number of para-hydroxylation sites is 1. The number of benzene rings is 2. The third kappa shape index (κ3) is 3.36. The fourth-order valence-corrected chi connectivity index (χ4v) is 4.05. The second kappa shape index (κ2) is 7.32. The van der Waals surface area contributed by atoms with E-state index in [-0.39, 0.29) is 5.91 Å². The van der Waals surface area contributed by atoms with Crippen LogP contribution in [0.25, 0.3) is 10.2 Å². The molecule has 4 aromatic rings. The summed E-state index contributed by atoms with van der Waals surface area (Å²) in [7, 11) is 1.77. The Kier molecular flexibility index (Phi) is 4.73. The van der Waals surface area contributed by atoms with Gasteiger partial charge in [0.15, 0.2) is 5.13 Å². The molecule has 0 aliphatic heterocycles. The Morgan fingerprint density at radius 3 is 2.59 bits per heavy atom. The zero-order valence-corrected chi connectivity index (χ0v) is 16.1. The SMILES string of the molecule is CCc1c(C(=O)N(C)c2nc3ccccc3s2)cnn1Cc1ccccc1. The topological polar surface area (TPSA) is 51.0 Å². The van der Waals surface area contributed by atoms with E-state index in [1.165, 1.54) is 11.3 Å². The van der Waals surface area contributed by atoms with Crippen LogP contribution < -0.4 is 4.90 Å². The van der Waals surface area contributed by atoms with Crippen molar-refractivity contribution in [3.8, 4) is 0 Å². The lowest BCUT2D eigenvalue weighted by atomic mass is 10.1. The van der Waals surface area contributed by atoms with E-state index in [4.69, 9.17) is 0 Å². The van der Waals surface area contributed by atoms with Crippen molar-refractivity contribution in [1.29, 1.82) is 0 Å². The molecule has 0 aliphatic carbocycles. The molecule has 4 rings (SSSR count). The summed E-state index contributed by atoms with van der Waals surface area (Å²) in [4.78, 5) is 19.3. The van der Waals surface area contributed by atoms with E-state index < -0.39 is 0 Å². The van der Waals surface area contributed by atoms with Gasteiger partial charge in [-0.1, -0.05) is 60.7 Å². The Bertz CT molecular complexity index is 1050. The minimum absolute atomic E-state index is 0.0785. The van der Waals surface area contributed by atoms with Crippen LogP contribution in [-0.4, -0.2) is 27.7 Å². The van der Waals surface area contributed by atoms with Crippen LogP contribution in [0.3, 0.4) is 0 Å². The van der Waals surface area contributed by atoms with Gasteiger partial charge in [0.05, 0.1) is 34.2 Å². The van der Waals surface area contributed by atoms with Gasteiger partial charge in [0.2, 0.25) is 0 Å². The van der Waals surface area contributed by atoms with Crippen molar-refractivity contribution >= 4 is 32.6 Å². The highest BCUT2D eigenvalue weighted by Crippen LogP contribution is 2.29. The van der Waals surface area contributed by atoms with Crippen molar-refractivity contribution in [3.05, 3.63) is 77.6 Å². The number of fused-ring (bicyclic) bond motifs is 1. The smallest absolute Gasteiger partial charge is 0.263 e. The van der Waals surface area contributed by atoms with Crippen LogP contribution in [0.5, 0.6) is 0 Å².